The fourth-order valence-electron chi connectivity index (χ4n) is 2.08. The van der Waals surface area contributed by atoms with E-state index in [2.05, 4.69) is 0 Å². The molecule has 1 N–H and O–H groups in total. The van der Waals surface area contributed by atoms with Gasteiger partial charge in [-0.15, -0.1) is 0 Å². The lowest BCUT2D eigenvalue weighted by atomic mass is 10.00. The molecule has 1 aromatic carbocycles. The second-order valence-electron chi connectivity index (χ2n) is 4.05. The van der Waals surface area contributed by atoms with Crippen molar-refractivity contribution in [2.45, 2.75) is 26.2 Å². The molecule has 92 valence electrons. The number of phenolic OH excluding ortho intramolecular Hbond substituents is 1. The minimum absolute atomic E-state index is 0.0234. The number of hydrogen-bond acceptors (Lipinski definition) is 4. The van der Waals surface area contributed by atoms with Crippen LogP contribution in [0.25, 0.3) is 0 Å². The summed E-state index contributed by atoms with van der Waals surface area (Å²) in [5.41, 5.74) is 1.00. The van der Waals surface area contributed by atoms with Crippen LogP contribution in [0, 0.1) is 0 Å². The highest BCUT2D eigenvalue weighted by molar-refractivity contribution is 6.02. The fraction of sp³-hybridized carbons (Fsp3) is 0.462. The van der Waals surface area contributed by atoms with Gasteiger partial charge in [0.1, 0.15) is 22.8 Å². The highest BCUT2D eigenvalue weighted by atomic mass is 16.5. The number of benzene rings is 1. The van der Waals surface area contributed by atoms with Crippen LogP contribution in [0.4, 0.5) is 0 Å². The minimum Gasteiger partial charge on any atom is -0.507 e. The normalized spacial score (nSPS) is 13.1. The number of phenols is 1. The predicted molar refractivity (Wildman–Crippen MR) is 63.1 cm³/mol. The fourth-order valence-corrected chi connectivity index (χ4v) is 2.08. The van der Waals surface area contributed by atoms with Crippen LogP contribution in [0.3, 0.4) is 0 Å². The average molecular weight is 236 g/mol. The second kappa shape index (κ2) is 4.65. The van der Waals surface area contributed by atoms with E-state index in [1.54, 1.807) is 6.07 Å². The lowest BCUT2D eigenvalue weighted by Crippen LogP contribution is -2.03. The molecule has 4 nitrogen and oxygen atoms in total. The van der Waals surface area contributed by atoms with Crippen LogP contribution in [0.5, 0.6) is 17.2 Å². The summed E-state index contributed by atoms with van der Waals surface area (Å²) in [5, 5.41) is 10.1. The van der Waals surface area contributed by atoms with E-state index in [0.29, 0.717) is 42.1 Å². The van der Waals surface area contributed by atoms with Crippen molar-refractivity contribution in [3.05, 3.63) is 17.2 Å². The molecule has 0 atom stereocenters. The van der Waals surface area contributed by atoms with Crippen molar-refractivity contribution in [1.29, 1.82) is 0 Å². The zero-order chi connectivity index (χ0) is 12.4. The first-order valence-electron chi connectivity index (χ1n) is 5.77. The predicted octanol–water partition coefficient (Wildman–Crippen LogP) is 2.32. The summed E-state index contributed by atoms with van der Waals surface area (Å²) in [6.45, 7) is 2.47. The monoisotopic (exact) mass is 236 g/mol. The molecule has 1 aliphatic rings. The maximum atomic E-state index is 12.0. The molecule has 17 heavy (non-hydrogen) atoms. The van der Waals surface area contributed by atoms with Gasteiger partial charge in [-0.3, -0.25) is 4.79 Å². The van der Waals surface area contributed by atoms with Gasteiger partial charge in [0, 0.05) is 24.5 Å². The number of ketones is 1. The van der Waals surface area contributed by atoms with Gasteiger partial charge in [-0.1, -0.05) is 6.92 Å². The van der Waals surface area contributed by atoms with Gasteiger partial charge in [0.15, 0.2) is 5.78 Å². The van der Waals surface area contributed by atoms with Gasteiger partial charge < -0.3 is 14.6 Å². The van der Waals surface area contributed by atoms with E-state index in [-0.39, 0.29) is 11.5 Å². The number of fused-ring (bicyclic) bond motifs is 1. The third kappa shape index (κ3) is 1.95. The summed E-state index contributed by atoms with van der Waals surface area (Å²) in [7, 11) is 1.48. The van der Waals surface area contributed by atoms with Gasteiger partial charge in [-0.05, 0) is 6.42 Å². The Morgan fingerprint density at radius 3 is 3.00 bits per heavy atom. The number of carbonyl (C=O) groups excluding carboxylic acids is 1. The van der Waals surface area contributed by atoms with Crippen LogP contribution in [-0.4, -0.2) is 24.6 Å². The summed E-state index contributed by atoms with van der Waals surface area (Å²) in [6, 6.07) is 1.69. The van der Waals surface area contributed by atoms with Crippen molar-refractivity contribution >= 4 is 5.78 Å². The molecule has 0 amide bonds. The maximum absolute atomic E-state index is 12.0. The Labute approximate surface area is 100 Å². The number of carbonyl (C=O) groups is 1. The van der Waals surface area contributed by atoms with Crippen LogP contribution in [-0.2, 0) is 6.42 Å². The van der Waals surface area contributed by atoms with E-state index < -0.39 is 0 Å². The molecule has 2 rings (SSSR count). The second-order valence-corrected chi connectivity index (χ2v) is 4.05. The molecule has 1 aromatic rings. The van der Waals surface area contributed by atoms with Crippen molar-refractivity contribution in [3.8, 4) is 17.2 Å². The molecule has 1 aliphatic heterocycles. The van der Waals surface area contributed by atoms with Gasteiger partial charge in [-0.2, -0.15) is 0 Å². The van der Waals surface area contributed by atoms with E-state index in [1.165, 1.54) is 7.11 Å². The number of hydrogen-bond donors (Lipinski definition) is 1. The molecule has 1 heterocycles. The van der Waals surface area contributed by atoms with E-state index in [4.69, 9.17) is 9.47 Å². The number of rotatable bonds is 4. The molecule has 4 heteroatoms. The Kier molecular flexibility index (Phi) is 3.22. The summed E-state index contributed by atoms with van der Waals surface area (Å²) in [4.78, 5) is 12.0. The van der Waals surface area contributed by atoms with Crippen molar-refractivity contribution in [2.75, 3.05) is 13.7 Å². The van der Waals surface area contributed by atoms with E-state index >= 15 is 0 Å². The third-order valence-electron chi connectivity index (χ3n) is 2.91. The first-order chi connectivity index (χ1) is 8.19. The SMILES string of the molecule is CCCC(=O)c1c(OC)cc2c(c1O)CCO2. The largest absolute Gasteiger partial charge is 0.507 e. The molecule has 0 aromatic heterocycles. The number of aromatic hydroxyl groups is 1. The van der Waals surface area contributed by atoms with Gasteiger partial charge in [0.05, 0.1) is 13.7 Å². The minimum atomic E-state index is -0.0865. The standard InChI is InChI=1S/C13H16O4/c1-3-4-9(14)12-11(16-2)7-10-8(13(12)15)5-6-17-10/h7,15H,3-6H2,1-2H3. The number of methoxy groups -OCH3 is 1. The first kappa shape index (κ1) is 11.8. The van der Waals surface area contributed by atoms with Crippen LogP contribution in [0.2, 0.25) is 0 Å². The molecule has 0 spiro atoms. The van der Waals surface area contributed by atoms with Crippen LogP contribution in [0.15, 0.2) is 6.07 Å². The molecule has 0 radical (unpaired) electrons. The molecule has 0 saturated heterocycles. The maximum Gasteiger partial charge on any atom is 0.170 e. The van der Waals surface area contributed by atoms with Crippen LogP contribution in [0.1, 0.15) is 35.7 Å². The van der Waals surface area contributed by atoms with E-state index in [0.717, 1.165) is 6.42 Å². The highest BCUT2D eigenvalue weighted by Gasteiger charge is 2.26. The summed E-state index contributed by atoms with van der Waals surface area (Å²) in [5.74, 6) is 0.945. The Morgan fingerprint density at radius 1 is 1.59 bits per heavy atom. The molecular formula is C13H16O4. The molecular weight excluding hydrogens is 220 g/mol. The number of Topliss-reactive ketones (excluding diaryl/α,β-unsaturated/α-hetero) is 1. The zero-order valence-corrected chi connectivity index (χ0v) is 10.1. The van der Waals surface area contributed by atoms with Crippen LogP contribution >= 0.6 is 0 Å². The molecule has 0 unspecified atom stereocenters. The Balaban J connectivity index is 2.53. The Bertz CT molecular complexity index is 451. The van der Waals surface area contributed by atoms with E-state index in [9.17, 15) is 9.90 Å². The van der Waals surface area contributed by atoms with Gasteiger partial charge in [0.2, 0.25) is 0 Å². The van der Waals surface area contributed by atoms with Crippen molar-refractivity contribution in [1.82, 2.24) is 0 Å². The highest BCUT2D eigenvalue weighted by Crippen LogP contribution is 2.41. The van der Waals surface area contributed by atoms with E-state index in [1.807, 2.05) is 6.92 Å². The Hall–Kier alpha value is -1.71. The first-order valence-corrected chi connectivity index (χ1v) is 5.77. The van der Waals surface area contributed by atoms with Gasteiger partial charge >= 0.3 is 0 Å². The van der Waals surface area contributed by atoms with Crippen molar-refractivity contribution in [2.24, 2.45) is 0 Å². The van der Waals surface area contributed by atoms with Crippen LogP contribution < -0.4 is 9.47 Å². The summed E-state index contributed by atoms with van der Waals surface area (Å²) < 4.78 is 10.5. The molecule has 0 aliphatic carbocycles. The zero-order valence-electron chi connectivity index (χ0n) is 10.1. The number of ether oxygens (including phenoxy) is 2. The third-order valence-corrected chi connectivity index (χ3v) is 2.91. The quantitative estimate of drug-likeness (QED) is 0.815. The molecule has 0 saturated carbocycles. The summed E-state index contributed by atoms with van der Waals surface area (Å²) >= 11 is 0. The topological polar surface area (TPSA) is 55.8 Å². The lowest BCUT2D eigenvalue weighted by molar-refractivity contribution is 0.0976. The van der Waals surface area contributed by atoms with Crippen molar-refractivity contribution < 1.29 is 19.4 Å². The molecule has 0 fully saturated rings. The van der Waals surface area contributed by atoms with Gasteiger partial charge in [0.25, 0.3) is 0 Å². The van der Waals surface area contributed by atoms with Crippen molar-refractivity contribution in [3.63, 3.8) is 0 Å². The summed E-state index contributed by atoms with van der Waals surface area (Å²) in [6.07, 6.45) is 1.79. The lowest BCUT2D eigenvalue weighted by Gasteiger charge is -2.12. The molecule has 0 bridgehead atoms. The van der Waals surface area contributed by atoms with Gasteiger partial charge in [-0.25, -0.2) is 0 Å². The smallest absolute Gasteiger partial charge is 0.170 e. The average Bonchev–Trinajstić information content (AvgIpc) is 2.77. The Morgan fingerprint density at radius 2 is 2.35 bits per heavy atom.